The zero-order valence-electron chi connectivity index (χ0n) is 22.4. The highest BCUT2D eigenvalue weighted by molar-refractivity contribution is 8.03. The maximum absolute atomic E-state index is 11.3. The highest BCUT2D eigenvalue weighted by atomic mass is 35.5. The van der Waals surface area contributed by atoms with E-state index < -0.39 is 6.10 Å². The number of amides is 1. The Labute approximate surface area is 235 Å². The number of aliphatic hydroxyl groups is 1. The molecule has 1 amide bonds. The van der Waals surface area contributed by atoms with E-state index in [9.17, 15) is 9.90 Å². The van der Waals surface area contributed by atoms with Crippen LogP contribution in [0.4, 0.5) is 0 Å². The van der Waals surface area contributed by atoms with E-state index in [1.54, 1.807) is 11.8 Å². The van der Waals surface area contributed by atoms with Crippen molar-refractivity contribution in [3.05, 3.63) is 86.8 Å². The number of rotatable bonds is 10. The first-order valence-electron chi connectivity index (χ1n) is 13.4. The number of hydrogen-bond acceptors (Lipinski definition) is 5. The molecule has 1 saturated heterocycles. The zero-order chi connectivity index (χ0) is 27.2. The van der Waals surface area contributed by atoms with E-state index in [2.05, 4.69) is 38.1 Å². The summed E-state index contributed by atoms with van der Waals surface area (Å²) in [4.78, 5) is 12.5. The summed E-state index contributed by atoms with van der Waals surface area (Å²) < 4.78 is 12.2. The standard InChI is InChI=1S/C31H38ClNO4S/c1-4-36-25-9-5-21(6-10-25)14-24-16-23(8-11-26(24)32)28-17-27(34)20(3)29(37-28)18-38-30-12-7-22(13-19(30)2)15-31(33)35/h5-12,16,19-20,27-29,34H,4,13-15,17-18H2,1-3H3,(H2,33,35). The molecule has 1 aliphatic carbocycles. The summed E-state index contributed by atoms with van der Waals surface area (Å²) in [6.07, 6.45) is 5.84. The van der Waals surface area contributed by atoms with E-state index in [0.29, 0.717) is 31.8 Å². The molecule has 5 unspecified atom stereocenters. The molecule has 0 radical (unpaired) electrons. The van der Waals surface area contributed by atoms with Gasteiger partial charge in [0.25, 0.3) is 0 Å². The molecule has 2 aromatic carbocycles. The highest BCUT2D eigenvalue weighted by Crippen LogP contribution is 2.40. The van der Waals surface area contributed by atoms with E-state index >= 15 is 0 Å². The fourth-order valence-electron chi connectivity index (χ4n) is 5.15. The summed E-state index contributed by atoms with van der Waals surface area (Å²) in [7, 11) is 0. The molecule has 204 valence electrons. The molecule has 38 heavy (non-hydrogen) atoms. The summed E-state index contributed by atoms with van der Waals surface area (Å²) in [5.74, 6) is 1.70. The van der Waals surface area contributed by atoms with Gasteiger partial charge in [-0.05, 0) is 65.5 Å². The van der Waals surface area contributed by atoms with Gasteiger partial charge in [0.2, 0.25) is 5.91 Å². The van der Waals surface area contributed by atoms with E-state index in [4.69, 9.17) is 26.8 Å². The Morgan fingerprint density at radius 3 is 2.63 bits per heavy atom. The molecule has 4 rings (SSSR count). The van der Waals surface area contributed by atoms with Gasteiger partial charge in [-0.1, -0.05) is 67.4 Å². The van der Waals surface area contributed by atoms with Crippen molar-refractivity contribution in [1.82, 2.24) is 0 Å². The molecule has 1 heterocycles. The Morgan fingerprint density at radius 1 is 1.18 bits per heavy atom. The van der Waals surface area contributed by atoms with Gasteiger partial charge in [0.05, 0.1) is 24.9 Å². The number of allylic oxidation sites excluding steroid dienone is 3. The molecule has 0 aromatic heterocycles. The normalized spacial score (nSPS) is 25.4. The second kappa shape index (κ2) is 13.2. The molecule has 3 N–H and O–H groups in total. The van der Waals surface area contributed by atoms with Crippen LogP contribution in [-0.2, 0) is 16.0 Å². The fourth-order valence-corrected chi connectivity index (χ4v) is 6.60. The van der Waals surface area contributed by atoms with Crippen LogP contribution in [0.15, 0.2) is 65.1 Å². The maximum Gasteiger partial charge on any atom is 0.221 e. The first-order chi connectivity index (χ1) is 18.2. The van der Waals surface area contributed by atoms with Crippen molar-refractivity contribution in [3.8, 4) is 5.75 Å². The smallest absolute Gasteiger partial charge is 0.221 e. The molecule has 2 aromatic rings. The molecule has 0 saturated carbocycles. The topological polar surface area (TPSA) is 81.8 Å². The van der Waals surface area contributed by atoms with Crippen molar-refractivity contribution in [2.75, 3.05) is 12.4 Å². The second-order valence-electron chi connectivity index (χ2n) is 10.4. The summed E-state index contributed by atoms with van der Waals surface area (Å²) in [5.41, 5.74) is 9.68. The quantitative estimate of drug-likeness (QED) is 0.344. The van der Waals surface area contributed by atoms with E-state index in [-0.39, 0.29) is 24.0 Å². The minimum atomic E-state index is -0.440. The molecule has 7 heteroatoms. The summed E-state index contributed by atoms with van der Waals surface area (Å²) >= 11 is 8.36. The van der Waals surface area contributed by atoms with Gasteiger partial charge in [-0.25, -0.2) is 0 Å². The highest BCUT2D eigenvalue weighted by Gasteiger charge is 2.36. The number of hydrogen-bond donors (Lipinski definition) is 2. The van der Waals surface area contributed by atoms with Crippen LogP contribution < -0.4 is 10.5 Å². The van der Waals surface area contributed by atoms with Gasteiger partial charge < -0.3 is 20.3 Å². The Balaban J connectivity index is 1.43. The lowest BCUT2D eigenvalue weighted by atomic mass is 9.88. The third-order valence-corrected chi connectivity index (χ3v) is 9.15. The number of carbonyl (C=O) groups is 1. The summed E-state index contributed by atoms with van der Waals surface area (Å²) in [6.45, 7) is 6.86. The average molecular weight is 556 g/mol. The van der Waals surface area contributed by atoms with Crippen LogP contribution in [0, 0.1) is 11.8 Å². The molecule has 0 spiro atoms. The van der Waals surface area contributed by atoms with Crippen LogP contribution in [0.5, 0.6) is 5.75 Å². The number of primary amides is 1. The number of aliphatic hydroxyl groups excluding tert-OH is 1. The van der Waals surface area contributed by atoms with Gasteiger partial charge in [-0.2, -0.15) is 0 Å². The van der Waals surface area contributed by atoms with Crippen LogP contribution in [-0.4, -0.2) is 35.6 Å². The Kier molecular flexibility index (Phi) is 9.99. The van der Waals surface area contributed by atoms with Crippen LogP contribution in [0.1, 0.15) is 62.8 Å². The van der Waals surface area contributed by atoms with Gasteiger partial charge in [-0.3, -0.25) is 4.79 Å². The number of nitrogens with two attached hydrogens (primary N) is 1. The van der Waals surface area contributed by atoms with Gasteiger partial charge in [0.1, 0.15) is 5.75 Å². The minimum absolute atomic E-state index is 0.0369. The van der Waals surface area contributed by atoms with Crippen molar-refractivity contribution in [2.45, 2.75) is 64.8 Å². The van der Waals surface area contributed by atoms with Crippen molar-refractivity contribution in [1.29, 1.82) is 0 Å². The number of carbonyl (C=O) groups excluding carboxylic acids is 1. The Morgan fingerprint density at radius 2 is 1.95 bits per heavy atom. The SMILES string of the molecule is CCOc1ccc(Cc2cc(C3CC(O)C(C)C(CSC4=CC=C(CC(N)=O)CC4C)O3)ccc2Cl)cc1. The predicted octanol–water partition coefficient (Wildman–Crippen LogP) is 6.62. The fraction of sp³-hybridized carbons (Fsp3) is 0.452. The second-order valence-corrected chi connectivity index (χ2v) is 11.9. The predicted molar refractivity (Wildman–Crippen MR) is 155 cm³/mol. The molecule has 5 atom stereocenters. The van der Waals surface area contributed by atoms with Gasteiger partial charge in [0, 0.05) is 29.5 Å². The first kappa shape index (κ1) is 28.8. The van der Waals surface area contributed by atoms with Gasteiger partial charge >= 0.3 is 0 Å². The van der Waals surface area contributed by atoms with Gasteiger partial charge in [0.15, 0.2) is 0 Å². The Hall–Kier alpha value is -2.25. The van der Waals surface area contributed by atoms with Crippen LogP contribution in [0.3, 0.4) is 0 Å². The van der Waals surface area contributed by atoms with Gasteiger partial charge in [-0.15, -0.1) is 11.8 Å². The van der Waals surface area contributed by atoms with Crippen molar-refractivity contribution in [3.63, 3.8) is 0 Å². The third-order valence-electron chi connectivity index (χ3n) is 7.41. The molecule has 5 nitrogen and oxygen atoms in total. The Bertz CT molecular complexity index is 1180. The number of thioether (sulfide) groups is 1. The van der Waals surface area contributed by atoms with Crippen molar-refractivity contribution < 1.29 is 19.4 Å². The zero-order valence-corrected chi connectivity index (χ0v) is 23.9. The maximum atomic E-state index is 11.3. The average Bonchev–Trinajstić information content (AvgIpc) is 2.88. The first-order valence-corrected chi connectivity index (χ1v) is 14.7. The third kappa shape index (κ3) is 7.44. The van der Waals surface area contributed by atoms with Crippen LogP contribution >= 0.6 is 23.4 Å². The minimum Gasteiger partial charge on any atom is -0.494 e. The molecule has 2 aliphatic rings. The largest absolute Gasteiger partial charge is 0.494 e. The lowest BCUT2D eigenvalue weighted by Gasteiger charge is -2.39. The number of benzene rings is 2. The number of ether oxygens (including phenoxy) is 2. The molecule has 0 bridgehead atoms. The molecular weight excluding hydrogens is 518 g/mol. The van der Waals surface area contributed by atoms with Crippen LogP contribution in [0.25, 0.3) is 0 Å². The monoisotopic (exact) mass is 555 g/mol. The molecule has 1 aliphatic heterocycles. The van der Waals surface area contributed by atoms with E-state index in [1.165, 1.54) is 4.91 Å². The van der Waals surface area contributed by atoms with Crippen LogP contribution in [0.2, 0.25) is 5.02 Å². The lowest BCUT2D eigenvalue weighted by molar-refractivity contribution is -0.123. The van der Waals surface area contributed by atoms with E-state index in [1.807, 2.05) is 37.3 Å². The summed E-state index contributed by atoms with van der Waals surface area (Å²) in [5, 5.41) is 11.6. The summed E-state index contributed by atoms with van der Waals surface area (Å²) in [6, 6.07) is 14.2. The lowest BCUT2D eigenvalue weighted by Crippen LogP contribution is -2.41. The number of halogens is 1. The van der Waals surface area contributed by atoms with E-state index in [0.717, 1.165) is 45.2 Å². The van der Waals surface area contributed by atoms with Crippen molar-refractivity contribution >= 4 is 29.3 Å². The molecule has 1 fully saturated rings. The van der Waals surface area contributed by atoms with Crippen molar-refractivity contribution in [2.24, 2.45) is 17.6 Å². The molecular formula is C31H38ClNO4S.